The molecule has 0 atom stereocenters. The lowest BCUT2D eigenvalue weighted by atomic mass is 10.1. The third-order valence-electron chi connectivity index (χ3n) is 3.42. The summed E-state index contributed by atoms with van der Waals surface area (Å²) in [6.45, 7) is 4.41. The van der Waals surface area contributed by atoms with E-state index in [0.717, 1.165) is 23.0 Å². The number of rotatable bonds is 6. The van der Waals surface area contributed by atoms with Crippen LogP contribution in [0.2, 0.25) is 0 Å². The van der Waals surface area contributed by atoms with Crippen molar-refractivity contribution in [2.75, 3.05) is 0 Å². The summed E-state index contributed by atoms with van der Waals surface area (Å²) in [6.07, 6.45) is 0.991. The molecule has 3 aromatic rings. The normalized spacial score (nSPS) is 11.3. The van der Waals surface area contributed by atoms with Crippen LogP contribution in [0.5, 0.6) is 0 Å². The van der Waals surface area contributed by atoms with Crippen LogP contribution in [0, 0.1) is 5.92 Å². The van der Waals surface area contributed by atoms with Gasteiger partial charge in [0, 0.05) is 11.8 Å². The van der Waals surface area contributed by atoms with Crippen LogP contribution in [0.1, 0.15) is 31.3 Å². The van der Waals surface area contributed by atoms with Crippen LogP contribution < -0.4 is 5.32 Å². The summed E-state index contributed by atoms with van der Waals surface area (Å²) in [5, 5.41) is 14.7. The molecule has 0 saturated carbocycles. The molecule has 2 N–H and O–H groups in total. The Morgan fingerprint density at radius 2 is 2.17 bits per heavy atom. The lowest BCUT2D eigenvalue weighted by molar-refractivity contribution is -0.120. The average molecular weight is 313 g/mol. The predicted molar refractivity (Wildman–Crippen MR) is 84.5 cm³/mol. The number of hydrogen-bond acceptors (Lipinski definition) is 5. The molecular weight excluding hydrogens is 294 g/mol. The molecule has 1 amide bonds. The van der Waals surface area contributed by atoms with Gasteiger partial charge in [0.05, 0.1) is 24.2 Å². The van der Waals surface area contributed by atoms with Gasteiger partial charge in [-0.15, -0.1) is 0 Å². The van der Waals surface area contributed by atoms with Crippen LogP contribution in [0.25, 0.3) is 10.9 Å². The van der Waals surface area contributed by atoms with Gasteiger partial charge < -0.3 is 9.84 Å². The molecule has 0 unspecified atom stereocenters. The zero-order chi connectivity index (χ0) is 16.2. The SMILES string of the molecule is CC(C)Cc1noc(CNC(=O)Cc2[nH]nc3ccccc23)n1. The fourth-order valence-electron chi connectivity index (χ4n) is 2.36. The number of carbonyl (C=O) groups excluding carboxylic acids is 1. The van der Waals surface area contributed by atoms with Gasteiger partial charge in [0.2, 0.25) is 11.8 Å². The predicted octanol–water partition coefficient (Wildman–Crippen LogP) is 2.00. The van der Waals surface area contributed by atoms with E-state index >= 15 is 0 Å². The minimum Gasteiger partial charge on any atom is -0.347 e. The molecule has 0 aliphatic carbocycles. The lowest BCUT2D eigenvalue weighted by Crippen LogP contribution is -2.25. The molecule has 0 radical (unpaired) electrons. The zero-order valence-electron chi connectivity index (χ0n) is 13.2. The molecule has 0 bridgehead atoms. The van der Waals surface area contributed by atoms with Gasteiger partial charge in [0.1, 0.15) is 0 Å². The highest BCUT2D eigenvalue weighted by Gasteiger charge is 2.12. The van der Waals surface area contributed by atoms with Gasteiger partial charge in [-0.2, -0.15) is 10.1 Å². The highest BCUT2D eigenvalue weighted by molar-refractivity contribution is 5.87. The monoisotopic (exact) mass is 313 g/mol. The van der Waals surface area contributed by atoms with Crippen molar-refractivity contribution in [2.45, 2.75) is 33.2 Å². The van der Waals surface area contributed by atoms with Crippen molar-refractivity contribution in [3.8, 4) is 0 Å². The first-order valence-electron chi connectivity index (χ1n) is 7.62. The molecule has 3 rings (SSSR count). The Morgan fingerprint density at radius 1 is 1.35 bits per heavy atom. The number of carbonyl (C=O) groups is 1. The number of nitrogens with one attached hydrogen (secondary N) is 2. The largest absolute Gasteiger partial charge is 0.347 e. The first kappa shape index (κ1) is 15.2. The average Bonchev–Trinajstić information content (AvgIpc) is 3.12. The number of aromatic nitrogens is 4. The zero-order valence-corrected chi connectivity index (χ0v) is 13.2. The topological polar surface area (TPSA) is 96.7 Å². The number of para-hydroxylation sites is 1. The highest BCUT2D eigenvalue weighted by atomic mass is 16.5. The fraction of sp³-hybridized carbons (Fsp3) is 0.375. The Bertz CT molecular complexity index is 806. The Labute approximate surface area is 133 Å². The summed E-state index contributed by atoms with van der Waals surface area (Å²) in [5.41, 5.74) is 1.65. The van der Waals surface area contributed by atoms with Gasteiger partial charge in [0.15, 0.2) is 5.82 Å². The summed E-state index contributed by atoms with van der Waals surface area (Å²) in [5.74, 6) is 1.43. The van der Waals surface area contributed by atoms with E-state index < -0.39 is 0 Å². The van der Waals surface area contributed by atoms with Gasteiger partial charge in [-0.1, -0.05) is 37.2 Å². The maximum absolute atomic E-state index is 12.1. The second kappa shape index (κ2) is 6.60. The second-order valence-corrected chi connectivity index (χ2v) is 5.88. The first-order valence-corrected chi connectivity index (χ1v) is 7.62. The molecule has 0 aliphatic heterocycles. The maximum Gasteiger partial charge on any atom is 0.246 e. The lowest BCUT2D eigenvalue weighted by Gasteiger charge is -2.01. The van der Waals surface area contributed by atoms with Crippen molar-refractivity contribution < 1.29 is 9.32 Å². The van der Waals surface area contributed by atoms with Gasteiger partial charge in [-0.3, -0.25) is 9.89 Å². The van der Waals surface area contributed by atoms with Gasteiger partial charge in [-0.05, 0) is 12.0 Å². The number of amides is 1. The number of fused-ring (bicyclic) bond motifs is 1. The maximum atomic E-state index is 12.1. The molecule has 7 nitrogen and oxygen atoms in total. The van der Waals surface area contributed by atoms with Crippen LogP contribution in [0.15, 0.2) is 28.8 Å². The summed E-state index contributed by atoms with van der Waals surface area (Å²) < 4.78 is 5.13. The summed E-state index contributed by atoms with van der Waals surface area (Å²) in [7, 11) is 0. The molecule has 2 aromatic heterocycles. The summed E-state index contributed by atoms with van der Waals surface area (Å²) in [4.78, 5) is 16.3. The molecule has 2 heterocycles. The standard InChI is InChI=1S/C16H19N5O2/c1-10(2)7-14-18-16(23-21-14)9-17-15(22)8-13-11-5-3-4-6-12(11)19-20-13/h3-6,10H,7-9H2,1-2H3,(H,17,22)(H,19,20). The van der Waals surface area contributed by atoms with Crippen molar-refractivity contribution in [3.05, 3.63) is 41.7 Å². The van der Waals surface area contributed by atoms with E-state index in [4.69, 9.17) is 4.52 Å². The summed E-state index contributed by atoms with van der Waals surface area (Å²) in [6, 6.07) is 7.69. The van der Waals surface area contributed by atoms with Crippen molar-refractivity contribution >= 4 is 16.8 Å². The van der Waals surface area contributed by atoms with Crippen molar-refractivity contribution in [1.29, 1.82) is 0 Å². The Balaban J connectivity index is 1.56. The van der Waals surface area contributed by atoms with Crippen LogP contribution in [0.3, 0.4) is 0 Å². The number of H-pyrrole nitrogens is 1. The van der Waals surface area contributed by atoms with Crippen LogP contribution in [-0.4, -0.2) is 26.2 Å². The third-order valence-corrected chi connectivity index (χ3v) is 3.42. The molecule has 0 saturated heterocycles. The number of benzene rings is 1. The van der Waals surface area contributed by atoms with E-state index in [1.807, 2.05) is 24.3 Å². The molecular formula is C16H19N5O2. The van der Waals surface area contributed by atoms with E-state index in [9.17, 15) is 4.79 Å². The fourth-order valence-corrected chi connectivity index (χ4v) is 2.36. The molecule has 23 heavy (non-hydrogen) atoms. The Morgan fingerprint density at radius 3 is 3.00 bits per heavy atom. The van der Waals surface area contributed by atoms with Crippen LogP contribution in [0.4, 0.5) is 0 Å². The van der Waals surface area contributed by atoms with Crippen LogP contribution in [-0.2, 0) is 24.2 Å². The molecule has 0 spiro atoms. The van der Waals surface area contributed by atoms with Gasteiger partial charge >= 0.3 is 0 Å². The smallest absolute Gasteiger partial charge is 0.246 e. The van der Waals surface area contributed by atoms with Crippen LogP contribution >= 0.6 is 0 Å². The number of aromatic amines is 1. The number of nitrogens with zero attached hydrogens (tertiary/aromatic N) is 3. The highest BCUT2D eigenvalue weighted by Crippen LogP contribution is 2.15. The Kier molecular flexibility index (Phi) is 4.36. The molecule has 1 aromatic carbocycles. The van der Waals surface area contributed by atoms with E-state index in [2.05, 4.69) is 39.5 Å². The van der Waals surface area contributed by atoms with E-state index in [1.165, 1.54) is 0 Å². The van der Waals surface area contributed by atoms with Crippen molar-refractivity contribution in [3.63, 3.8) is 0 Å². The second-order valence-electron chi connectivity index (χ2n) is 5.88. The minimum atomic E-state index is -0.122. The molecule has 0 aliphatic rings. The molecule has 7 heteroatoms. The minimum absolute atomic E-state index is 0.122. The van der Waals surface area contributed by atoms with Crippen molar-refractivity contribution in [2.24, 2.45) is 5.92 Å². The number of hydrogen-bond donors (Lipinski definition) is 2. The van der Waals surface area contributed by atoms with Crippen molar-refractivity contribution in [1.82, 2.24) is 25.7 Å². The van der Waals surface area contributed by atoms with E-state index in [-0.39, 0.29) is 18.9 Å². The quantitative estimate of drug-likeness (QED) is 0.725. The first-order chi connectivity index (χ1) is 11.1. The third kappa shape index (κ3) is 3.74. The van der Waals surface area contributed by atoms with Gasteiger partial charge in [0.25, 0.3) is 0 Å². The summed E-state index contributed by atoms with van der Waals surface area (Å²) >= 11 is 0. The Hall–Kier alpha value is -2.70. The van der Waals surface area contributed by atoms with Gasteiger partial charge in [-0.25, -0.2) is 0 Å². The van der Waals surface area contributed by atoms with E-state index in [0.29, 0.717) is 17.6 Å². The molecule has 120 valence electrons. The van der Waals surface area contributed by atoms with E-state index in [1.54, 1.807) is 0 Å². The molecule has 0 fully saturated rings.